The smallest absolute Gasteiger partial charge is 0.255 e. The van der Waals surface area contributed by atoms with E-state index in [1.54, 1.807) is 17.4 Å². The highest BCUT2D eigenvalue weighted by molar-refractivity contribution is 7.22. The summed E-state index contributed by atoms with van der Waals surface area (Å²) in [6.07, 6.45) is 3.74. The predicted molar refractivity (Wildman–Crippen MR) is 111 cm³/mol. The van der Waals surface area contributed by atoms with E-state index in [9.17, 15) is 4.79 Å². The second-order valence-corrected chi connectivity index (χ2v) is 8.05. The molecule has 144 valence electrons. The van der Waals surface area contributed by atoms with Crippen LogP contribution < -0.4 is 19.7 Å². The van der Waals surface area contributed by atoms with E-state index in [0.29, 0.717) is 36.0 Å². The van der Waals surface area contributed by atoms with E-state index >= 15 is 0 Å². The first kappa shape index (κ1) is 17.3. The second kappa shape index (κ2) is 7.31. The summed E-state index contributed by atoms with van der Waals surface area (Å²) in [5, 5.41) is 3.99. The van der Waals surface area contributed by atoms with E-state index in [-0.39, 0.29) is 5.91 Å². The number of carbonyl (C=O) groups is 1. The maximum absolute atomic E-state index is 12.7. The van der Waals surface area contributed by atoms with Crippen molar-refractivity contribution in [3.63, 3.8) is 0 Å². The Morgan fingerprint density at radius 1 is 1.00 bits per heavy atom. The fraction of sp³-hybridized carbons (Fsp3) is 0.333. The minimum absolute atomic E-state index is 0.161. The first-order valence-corrected chi connectivity index (χ1v) is 10.4. The summed E-state index contributed by atoms with van der Waals surface area (Å²) in [7, 11) is 0. The van der Waals surface area contributed by atoms with E-state index in [0.717, 1.165) is 28.4 Å². The number of nitrogens with zero attached hydrogens (tertiary/aromatic N) is 2. The summed E-state index contributed by atoms with van der Waals surface area (Å²) in [5.41, 5.74) is 2.15. The minimum Gasteiger partial charge on any atom is -0.486 e. The van der Waals surface area contributed by atoms with Crippen LogP contribution in [0.25, 0.3) is 10.2 Å². The van der Waals surface area contributed by atoms with Gasteiger partial charge < -0.3 is 19.7 Å². The van der Waals surface area contributed by atoms with Crippen LogP contribution in [0.2, 0.25) is 0 Å². The van der Waals surface area contributed by atoms with E-state index in [1.165, 1.54) is 19.3 Å². The van der Waals surface area contributed by atoms with Crippen molar-refractivity contribution in [3.8, 4) is 11.5 Å². The van der Waals surface area contributed by atoms with Crippen molar-refractivity contribution in [2.45, 2.75) is 19.3 Å². The van der Waals surface area contributed by atoms with Crippen LogP contribution in [0.15, 0.2) is 36.4 Å². The summed E-state index contributed by atoms with van der Waals surface area (Å²) in [6, 6.07) is 11.1. The van der Waals surface area contributed by atoms with Gasteiger partial charge in [-0.1, -0.05) is 11.3 Å². The van der Waals surface area contributed by atoms with Crippen LogP contribution in [0, 0.1) is 0 Å². The Morgan fingerprint density at radius 3 is 2.68 bits per heavy atom. The molecule has 2 aromatic carbocycles. The Kier molecular flexibility index (Phi) is 4.52. The third-order valence-electron chi connectivity index (χ3n) is 5.07. The molecular weight excluding hydrogens is 374 g/mol. The molecule has 2 aliphatic rings. The fourth-order valence-corrected chi connectivity index (χ4v) is 4.60. The van der Waals surface area contributed by atoms with Gasteiger partial charge in [0, 0.05) is 30.4 Å². The van der Waals surface area contributed by atoms with Crippen molar-refractivity contribution in [2.75, 3.05) is 36.5 Å². The number of rotatable bonds is 3. The molecule has 3 heterocycles. The maximum Gasteiger partial charge on any atom is 0.255 e. The molecule has 6 nitrogen and oxygen atoms in total. The lowest BCUT2D eigenvalue weighted by Crippen LogP contribution is -2.29. The average Bonchev–Trinajstić information content (AvgIpc) is 3.18. The van der Waals surface area contributed by atoms with Gasteiger partial charge in [0.05, 0.1) is 10.2 Å². The van der Waals surface area contributed by atoms with Crippen molar-refractivity contribution in [2.24, 2.45) is 0 Å². The summed E-state index contributed by atoms with van der Waals surface area (Å²) in [6.45, 7) is 3.20. The number of benzene rings is 2. The molecule has 1 fully saturated rings. The lowest BCUT2D eigenvalue weighted by atomic mass is 10.1. The Hall–Kier alpha value is -2.80. The van der Waals surface area contributed by atoms with Crippen LogP contribution in [-0.4, -0.2) is 37.2 Å². The van der Waals surface area contributed by atoms with Crippen molar-refractivity contribution < 1.29 is 14.3 Å². The number of hydrogen-bond acceptors (Lipinski definition) is 6. The molecule has 1 saturated heterocycles. The maximum atomic E-state index is 12.7. The lowest BCUT2D eigenvalue weighted by molar-refractivity contribution is 0.102. The zero-order valence-corrected chi connectivity index (χ0v) is 16.3. The quantitative estimate of drug-likeness (QED) is 0.716. The first-order valence-electron chi connectivity index (χ1n) is 9.63. The molecule has 0 spiro atoms. The Morgan fingerprint density at radius 2 is 1.82 bits per heavy atom. The molecule has 3 aromatic rings. The molecule has 5 rings (SSSR count). The molecule has 0 unspecified atom stereocenters. The van der Waals surface area contributed by atoms with Gasteiger partial charge in [-0.05, 0) is 49.6 Å². The average molecular weight is 395 g/mol. The molecule has 1 aromatic heterocycles. The summed E-state index contributed by atoms with van der Waals surface area (Å²) in [4.78, 5) is 19.8. The molecule has 7 heteroatoms. The first-order chi connectivity index (χ1) is 13.8. The molecule has 0 atom stereocenters. The number of carbonyl (C=O) groups excluding carboxylic acids is 1. The normalized spacial score (nSPS) is 16.2. The minimum atomic E-state index is -0.161. The molecule has 2 aliphatic heterocycles. The lowest BCUT2D eigenvalue weighted by Gasteiger charge is -2.25. The van der Waals surface area contributed by atoms with Crippen LogP contribution in [0.4, 0.5) is 10.8 Å². The van der Waals surface area contributed by atoms with Crippen LogP contribution in [0.3, 0.4) is 0 Å². The van der Waals surface area contributed by atoms with E-state index in [1.807, 2.05) is 30.3 Å². The zero-order chi connectivity index (χ0) is 18.9. The van der Waals surface area contributed by atoms with Crippen molar-refractivity contribution >= 4 is 38.3 Å². The highest BCUT2D eigenvalue weighted by Crippen LogP contribution is 2.33. The third-order valence-corrected chi connectivity index (χ3v) is 6.16. The number of aromatic nitrogens is 1. The zero-order valence-electron chi connectivity index (χ0n) is 15.4. The highest BCUT2D eigenvalue weighted by Gasteiger charge is 2.17. The van der Waals surface area contributed by atoms with Gasteiger partial charge in [-0.15, -0.1) is 0 Å². The van der Waals surface area contributed by atoms with Crippen molar-refractivity contribution in [1.29, 1.82) is 0 Å². The van der Waals surface area contributed by atoms with E-state index in [2.05, 4.69) is 10.2 Å². The monoisotopic (exact) mass is 395 g/mol. The van der Waals surface area contributed by atoms with Crippen LogP contribution in [-0.2, 0) is 0 Å². The highest BCUT2D eigenvalue weighted by atomic mass is 32.1. The number of thiazole rings is 1. The van der Waals surface area contributed by atoms with Crippen LogP contribution in [0.1, 0.15) is 29.6 Å². The number of nitrogens with one attached hydrogen (secondary N) is 1. The second-order valence-electron chi connectivity index (χ2n) is 7.04. The van der Waals surface area contributed by atoms with Gasteiger partial charge in [-0.2, -0.15) is 0 Å². The SMILES string of the molecule is O=C(Nc1ccc2c(c1)OCCO2)c1ccc2sc(N3CCCCC3)nc2c1. The van der Waals surface area contributed by atoms with Crippen molar-refractivity contribution in [3.05, 3.63) is 42.0 Å². The molecular formula is C21H21N3O3S. The Balaban J connectivity index is 1.35. The van der Waals surface area contributed by atoms with Crippen LogP contribution >= 0.6 is 11.3 Å². The van der Waals surface area contributed by atoms with E-state index in [4.69, 9.17) is 14.5 Å². The standard InChI is InChI=1S/C21H21N3O3S/c25-20(22-15-5-6-17-18(13-15)27-11-10-26-17)14-4-7-19-16(12-14)23-21(28-19)24-8-2-1-3-9-24/h4-7,12-13H,1-3,8-11H2,(H,22,25). The van der Waals surface area contributed by atoms with Gasteiger partial charge >= 0.3 is 0 Å². The summed E-state index contributed by atoms with van der Waals surface area (Å²) >= 11 is 1.70. The molecule has 28 heavy (non-hydrogen) atoms. The predicted octanol–water partition coefficient (Wildman–Crippen LogP) is 4.31. The summed E-state index contributed by atoms with van der Waals surface area (Å²) < 4.78 is 12.2. The number of piperidine rings is 1. The number of anilines is 2. The number of ether oxygens (including phenoxy) is 2. The van der Waals surface area contributed by atoms with Gasteiger partial charge in [0.15, 0.2) is 16.6 Å². The van der Waals surface area contributed by atoms with E-state index < -0.39 is 0 Å². The third kappa shape index (κ3) is 3.38. The number of hydrogen-bond donors (Lipinski definition) is 1. The Labute approximate surface area is 167 Å². The topological polar surface area (TPSA) is 63.7 Å². The van der Waals surface area contributed by atoms with Gasteiger partial charge in [0.1, 0.15) is 13.2 Å². The molecule has 0 radical (unpaired) electrons. The largest absolute Gasteiger partial charge is 0.486 e. The summed E-state index contributed by atoms with van der Waals surface area (Å²) in [5.74, 6) is 1.20. The van der Waals surface area contributed by atoms with Gasteiger partial charge in [-0.25, -0.2) is 4.98 Å². The number of amides is 1. The molecule has 0 saturated carbocycles. The van der Waals surface area contributed by atoms with Crippen molar-refractivity contribution in [1.82, 2.24) is 4.98 Å². The van der Waals surface area contributed by atoms with Crippen LogP contribution in [0.5, 0.6) is 11.5 Å². The Bertz CT molecular complexity index is 1030. The molecule has 1 amide bonds. The molecule has 1 N–H and O–H groups in total. The molecule has 0 aliphatic carbocycles. The fourth-order valence-electron chi connectivity index (χ4n) is 3.60. The number of fused-ring (bicyclic) bond motifs is 2. The van der Waals surface area contributed by atoms with Gasteiger partial charge in [0.25, 0.3) is 5.91 Å². The van der Waals surface area contributed by atoms with Gasteiger partial charge in [0.2, 0.25) is 0 Å². The van der Waals surface area contributed by atoms with Gasteiger partial charge in [-0.3, -0.25) is 4.79 Å². The molecule has 0 bridgehead atoms.